The molecule has 31 heavy (non-hydrogen) atoms. The predicted octanol–water partition coefficient (Wildman–Crippen LogP) is 3.02. The number of nitrogens with one attached hydrogen (secondary N) is 1. The highest BCUT2D eigenvalue weighted by Crippen LogP contribution is 2.32. The van der Waals surface area contributed by atoms with Crippen LogP contribution in [0.15, 0.2) is 42.5 Å². The minimum absolute atomic E-state index is 0.114. The van der Waals surface area contributed by atoms with Gasteiger partial charge in [-0.05, 0) is 41.2 Å². The van der Waals surface area contributed by atoms with Crippen molar-refractivity contribution in [3.63, 3.8) is 0 Å². The van der Waals surface area contributed by atoms with Crippen molar-refractivity contribution in [2.45, 2.75) is 32.7 Å². The van der Waals surface area contributed by atoms with Gasteiger partial charge in [0.1, 0.15) is 0 Å². The minimum Gasteiger partial charge on any atom is -0.454 e. The average molecular weight is 424 g/mol. The number of carbonyl (C=O) groups excluding carboxylic acids is 1. The number of piperazine rings is 1. The smallest absolute Gasteiger partial charge is 0.234 e. The lowest BCUT2D eigenvalue weighted by Gasteiger charge is -2.34. The SMILES string of the molecule is CC(C)c1ccc(CCNC(=O)CN2CCN(Cc3ccc4c(c3)OCO4)CC2)cc1. The summed E-state index contributed by atoms with van der Waals surface area (Å²) in [6, 6.07) is 14.9. The zero-order valence-electron chi connectivity index (χ0n) is 18.6. The van der Waals surface area contributed by atoms with Gasteiger partial charge in [0.25, 0.3) is 0 Å². The molecule has 2 heterocycles. The third-order valence-electron chi connectivity index (χ3n) is 6.06. The molecule has 0 radical (unpaired) electrons. The zero-order valence-corrected chi connectivity index (χ0v) is 18.6. The molecule has 0 aromatic heterocycles. The Morgan fingerprint density at radius 1 is 0.935 bits per heavy atom. The van der Waals surface area contributed by atoms with Crippen molar-refractivity contribution in [1.29, 1.82) is 0 Å². The molecule has 0 bridgehead atoms. The Labute approximate surface area is 185 Å². The molecule has 1 amide bonds. The molecule has 1 N–H and O–H groups in total. The van der Waals surface area contributed by atoms with Gasteiger partial charge in [-0.15, -0.1) is 0 Å². The molecule has 2 aromatic rings. The molecule has 0 saturated carbocycles. The maximum Gasteiger partial charge on any atom is 0.234 e. The second-order valence-corrected chi connectivity index (χ2v) is 8.74. The predicted molar refractivity (Wildman–Crippen MR) is 122 cm³/mol. The Hall–Kier alpha value is -2.57. The summed E-state index contributed by atoms with van der Waals surface area (Å²) in [5.41, 5.74) is 3.85. The molecule has 0 unspecified atom stereocenters. The van der Waals surface area contributed by atoms with Crippen molar-refractivity contribution in [3.8, 4) is 11.5 Å². The van der Waals surface area contributed by atoms with Gasteiger partial charge in [0.05, 0.1) is 6.54 Å². The van der Waals surface area contributed by atoms with Crippen LogP contribution in [0.25, 0.3) is 0 Å². The molecule has 6 heteroatoms. The standard InChI is InChI=1S/C25H33N3O3/c1-19(2)22-6-3-20(4-7-22)9-10-26-25(29)17-28-13-11-27(12-14-28)16-21-5-8-23-24(15-21)31-18-30-23/h3-8,15,19H,9-14,16-18H2,1-2H3,(H,26,29). The normalized spacial score (nSPS) is 16.6. The molecule has 6 nitrogen and oxygen atoms in total. The van der Waals surface area contributed by atoms with Gasteiger partial charge in [-0.1, -0.05) is 44.2 Å². The average Bonchev–Trinajstić information content (AvgIpc) is 3.23. The van der Waals surface area contributed by atoms with Crippen LogP contribution in [0.3, 0.4) is 0 Å². The van der Waals surface area contributed by atoms with Crippen LogP contribution in [0.5, 0.6) is 11.5 Å². The number of nitrogens with zero attached hydrogens (tertiary/aromatic N) is 2. The van der Waals surface area contributed by atoms with E-state index in [0.717, 1.165) is 50.6 Å². The van der Waals surface area contributed by atoms with Gasteiger partial charge in [0, 0.05) is 39.3 Å². The van der Waals surface area contributed by atoms with Crippen molar-refractivity contribution in [3.05, 3.63) is 59.2 Å². The van der Waals surface area contributed by atoms with E-state index in [1.807, 2.05) is 6.07 Å². The van der Waals surface area contributed by atoms with Gasteiger partial charge in [0.15, 0.2) is 11.5 Å². The summed E-state index contributed by atoms with van der Waals surface area (Å²) in [6.07, 6.45) is 0.868. The van der Waals surface area contributed by atoms with Crippen LogP contribution in [0.1, 0.15) is 36.5 Å². The van der Waals surface area contributed by atoms with Gasteiger partial charge < -0.3 is 14.8 Å². The lowest BCUT2D eigenvalue weighted by Crippen LogP contribution is -2.49. The second kappa shape index (κ2) is 10.2. The minimum atomic E-state index is 0.114. The molecule has 2 aliphatic rings. The number of ether oxygens (including phenoxy) is 2. The molecule has 1 saturated heterocycles. The first kappa shape index (κ1) is 21.7. The van der Waals surface area contributed by atoms with E-state index in [0.29, 0.717) is 25.8 Å². The van der Waals surface area contributed by atoms with Crippen LogP contribution >= 0.6 is 0 Å². The van der Waals surface area contributed by atoms with E-state index < -0.39 is 0 Å². The van der Waals surface area contributed by atoms with E-state index >= 15 is 0 Å². The maximum absolute atomic E-state index is 12.3. The van der Waals surface area contributed by atoms with E-state index in [9.17, 15) is 4.79 Å². The van der Waals surface area contributed by atoms with Gasteiger partial charge in [-0.3, -0.25) is 14.6 Å². The molecule has 4 rings (SSSR count). The highest BCUT2D eigenvalue weighted by atomic mass is 16.7. The van der Waals surface area contributed by atoms with Crippen LogP contribution < -0.4 is 14.8 Å². The topological polar surface area (TPSA) is 54.0 Å². The first-order valence-electron chi connectivity index (χ1n) is 11.3. The molecule has 0 atom stereocenters. The fourth-order valence-corrected chi connectivity index (χ4v) is 4.08. The molecular weight excluding hydrogens is 390 g/mol. The molecule has 1 fully saturated rings. The third-order valence-corrected chi connectivity index (χ3v) is 6.06. The van der Waals surface area contributed by atoms with Crippen LogP contribution in [0, 0.1) is 0 Å². The summed E-state index contributed by atoms with van der Waals surface area (Å²) in [7, 11) is 0. The van der Waals surface area contributed by atoms with Crippen molar-refractivity contribution < 1.29 is 14.3 Å². The van der Waals surface area contributed by atoms with Gasteiger partial charge in [-0.25, -0.2) is 0 Å². The van der Waals surface area contributed by atoms with Crippen LogP contribution in [0.2, 0.25) is 0 Å². The van der Waals surface area contributed by atoms with Crippen molar-refractivity contribution in [1.82, 2.24) is 15.1 Å². The molecule has 166 valence electrons. The summed E-state index contributed by atoms with van der Waals surface area (Å²) in [5, 5.41) is 3.07. The molecular formula is C25H33N3O3. The number of carbonyl (C=O) groups is 1. The number of hydrogen-bond donors (Lipinski definition) is 1. The number of fused-ring (bicyclic) bond motifs is 1. The van der Waals surface area contributed by atoms with E-state index in [4.69, 9.17) is 9.47 Å². The maximum atomic E-state index is 12.3. The van der Waals surface area contributed by atoms with E-state index in [2.05, 4.69) is 65.4 Å². The Balaban J connectivity index is 1.14. The number of hydrogen-bond acceptors (Lipinski definition) is 5. The monoisotopic (exact) mass is 423 g/mol. The molecule has 0 spiro atoms. The summed E-state index contributed by atoms with van der Waals surface area (Å²) in [4.78, 5) is 17.0. The Morgan fingerprint density at radius 2 is 1.61 bits per heavy atom. The molecule has 0 aliphatic carbocycles. The first-order valence-corrected chi connectivity index (χ1v) is 11.3. The van der Waals surface area contributed by atoms with Gasteiger partial charge >= 0.3 is 0 Å². The Kier molecular flexibility index (Phi) is 7.10. The fourth-order valence-electron chi connectivity index (χ4n) is 4.08. The summed E-state index contributed by atoms with van der Waals surface area (Å²) < 4.78 is 10.9. The van der Waals surface area contributed by atoms with Crippen LogP contribution in [-0.2, 0) is 17.8 Å². The largest absolute Gasteiger partial charge is 0.454 e. The number of rotatable bonds is 8. The van der Waals surface area contributed by atoms with Crippen molar-refractivity contribution in [2.75, 3.05) is 46.1 Å². The highest BCUT2D eigenvalue weighted by molar-refractivity contribution is 5.78. The molecule has 2 aliphatic heterocycles. The highest BCUT2D eigenvalue weighted by Gasteiger charge is 2.20. The number of amides is 1. The third kappa shape index (κ3) is 5.99. The van der Waals surface area contributed by atoms with Crippen LogP contribution in [0.4, 0.5) is 0 Å². The fraction of sp³-hybridized carbons (Fsp3) is 0.480. The van der Waals surface area contributed by atoms with Gasteiger partial charge in [0.2, 0.25) is 12.7 Å². The Morgan fingerprint density at radius 3 is 2.35 bits per heavy atom. The van der Waals surface area contributed by atoms with Crippen molar-refractivity contribution in [2.24, 2.45) is 0 Å². The lowest BCUT2D eigenvalue weighted by atomic mass is 10.0. The van der Waals surface area contributed by atoms with E-state index in [1.54, 1.807) is 0 Å². The van der Waals surface area contributed by atoms with E-state index in [-0.39, 0.29) is 5.91 Å². The Bertz CT molecular complexity index is 874. The van der Waals surface area contributed by atoms with Crippen molar-refractivity contribution >= 4 is 5.91 Å². The zero-order chi connectivity index (χ0) is 21.6. The lowest BCUT2D eigenvalue weighted by molar-refractivity contribution is -0.122. The summed E-state index contributed by atoms with van der Waals surface area (Å²) >= 11 is 0. The quantitative estimate of drug-likeness (QED) is 0.707. The first-order chi connectivity index (χ1) is 15.1. The summed E-state index contributed by atoms with van der Waals surface area (Å²) in [5.74, 6) is 2.32. The van der Waals surface area contributed by atoms with E-state index in [1.165, 1.54) is 16.7 Å². The van der Waals surface area contributed by atoms with Crippen LogP contribution in [-0.4, -0.2) is 61.8 Å². The summed E-state index contributed by atoms with van der Waals surface area (Å²) in [6.45, 7) is 10.5. The van der Waals surface area contributed by atoms with Gasteiger partial charge in [-0.2, -0.15) is 0 Å². The number of benzene rings is 2. The molecule has 2 aromatic carbocycles. The second-order valence-electron chi connectivity index (χ2n) is 8.74.